The summed E-state index contributed by atoms with van der Waals surface area (Å²) in [7, 11) is 0. The highest BCUT2D eigenvalue weighted by molar-refractivity contribution is 9.10. The lowest BCUT2D eigenvalue weighted by Crippen LogP contribution is -2.08. The number of rotatable bonds is 2. The molecular formula is C11H8BrClF3N3. The molecule has 0 atom stereocenters. The molecule has 1 heterocycles. The van der Waals surface area contributed by atoms with Crippen molar-refractivity contribution in [3.63, 3.8) is 0 Å². The van der Waals surface area contributed by atoms with Crippen LogP contribution in [-0.4, -0.2) is 14.8 Å². The van der Waals surface area contributed by atoms with E-state index in [1.807, 2.05) is 6.92 Å². The Balaban J connectivity index is 2.63. The molecule has 0 spiro atoms. The molecule has 102 valence electrons. The molecule has 0 fully saturated rings. The van der Waals surface area contributed by atoms with Crippen LogP contribution in [0, 0.1) is 0 Å². The Kier molecular flexibility index (Phi) is 3.87. The fraction of sp³-hybridized carbons (Fsp3) is 0.273. The van der Waals surface area contributed by atoms with E-state index >= 15 is 0 Å². The second-order valence-corrected chi connectivity index (χ2v) is 5.02. The quantitative estimate of drug-likeness (QED) is 0.806. The van der Waals surface area contributed by atoms with Gasteiger partial charge >= 0.3 is 6.18 Å². The molecule has 0 N–H and O–H groups in total. The number of benzene rings is 1. The average molecular weight is 355 g/mol. The Hall–Kier alpha value is -1.08. The van der Waals surface area contributed by atoms with Crippen LogP contribution in [0.2, 0.25) is 5.28 Å². The number of alkyl halides is 3. The van der Waals surface area contributed by atoms with Gasteiger partial charge in [0.25, 0.3) is 0 Å². The highest BCUT2D eigenvalue weighted by Crippen LogP contribution is 2.33. The fourth-order valence-corrected chi connectivity index (χ4v) is 2.36. The molecule has 8 heteroatoms. The maximum Gasteiger partial charge on any atom is 0.416 e. The number of hydrogen-bond acceptors (Lipinski definition) is 2. The number of halogens is 5. The number of aromatic nitrogens is 3. The number of nitrogens with zero attached hydrogens (tertiary/aromatic N) is 3. The lowest BCUT2D eigenvalue weighted by molar-refractivity contribution is -0.137. The van der Waals surface area contributed by atoms with Crippen LogP contribution in [0.4, 0.5) is 13.2 Å². The van der Waals surface area contributed by atoms with Crippen molar-refractivity contribution < 1.29 is 13.2 Å². The predicted octanol–water partition coefficient (Wildman–Crippen LogP) is 4.26. The molecule has 0 unspecified atom stereocenters. The Bertz CT molecular complexity index is 610. The molecule has 0 amide bonds. The van der Waals surface area contributed by atoms with E-state index < -0.39 is 11.7 Å². The van der Waals surface area contributed by atoms with Crippen LogP contribution < -0.4 is 0 Å². The molecule has 1 aromatic heterocycles. The molecule has 0 radical (unpaired) electrons. The molecule has 0 bridgehead atoms. The second kappa shape index (κ2) is 5.13. The van der Waals surface area contributed by atoms with Crippen molar-refractivity contribution in [1.82, 2.24) is 14.8 Å². The van der Waals surface area contributed by atoms with Crippen LogP contribution in [-0.2, 0) is 12.6 Å². The zero-order valence-corrected chi connectivity index (χ0v) is 12.0. The molecule has 19 heavy (non-hydrogen) atoms. The van der Waals surface area contributed by atoms with E-state index in [0.717, 1.165) is 12.1 Å². The van der Waals surface area contributed by atoms with Crippen LogP contribution in [0.1, 0.15) is 18.3 Å². The standard InChI is InChI=1S/C11H8BrClF3N3/c1-2-9-17-18-10(13)19(9)8-4-6(11(14,15)16)3-7(12)5-8/h3-5H,2H2,1H3. The Morgan fingerprint density at radius 1 is 1.26 bits per heavy atom. The van der Waals surface area contributed by atoms with E-state index in [1.54, 1.807) is 0 Å². The molecule has 2 rings (SSSR count). The maximum atomic E-state index is 12.8. The SMILES string of the molecule is CCc1nnc(Cl)n1-c1cc(Br)cc(C(F)(F)F)c1. The van der Waals surface area contributed by atoms with Crippen LogP contribution in [0.25, 0.3) is 5.69 Å². The van der Waals surface area contributed by atoms with Crippen molar-refractivity contribution >= 4 is 27.5 Å². The van der Waals surface area contributed by atoms with E-state index in [9.17, 15) is 13.2 Å². The van der Waals surface area contributed by atoms with Gasteiger partial charge in [-0.3, -0.25) is 4.57 Å². The van der Waals surface area contributed by atoms with Gasteiger partial charge in [0.1, 0.15) is 5.82 Å². The molecule has 0 saturated carbocycles. The third-order valence-corrected chi connectivity index (χ3v) is 3.18. The van der Waals surface area contributed by atoms with E-state index in [0.29, 0.717) is 16.7 Å². The molecule has 0 aliphatic heterocycles. The molecule has 1 aromatic carbocycles. The first-order valence-electron chi connectivity index (χ1n) is 5.31. The van der Waals surface area contributed by atoms with Crippen molar-refractivity contribution in [2.75, 3.05) is 0 Å². The van der Waals surface area contributed by atoms with Gasteiger partial charge in [0, 0.05) is 10.9 Å². The van der Waals surface area contributed by atoms with Crippen LogP contribution >= 0.6 is 27.5 Å². The maximum absolute atomic E-state index is 12.8. The first-order valence-corrected chi connectivity index (χ1v) is 6.48. The topological polar surface area (TPSA) is 30.7 Å². The van der Waals surface area contributed by atoms with Crippen molar-refractivity contribution in [3.8, 4) is 5.69 Å². The third-order valence-electron chi connectivity index (χ3n) is 2.47. The minimum absolute atomic E-state index is 0.0306. The largest absolute Gasteiger partial charge is 0.416 e. The summed E-state index contributed by atoms with van der Waals surface area (Å²) < 4.78 is 40.0. The monoisotopic (exact) mass is 353 g/mol. The van der Waals surface area contributed by atoms with Gasteiger partial charge in [-0.1, -0.05) is 22.9 Å². The molecule has 0 saturated heterocycles. The number of hydrogen-bond donors (Lipinski definition) is 0. The smallest absolute Gasteiger partial charge is 0.270 e. The number of aryl methyl sites for hydroxylation is 1. The lowest BCUT2D eigenvalue weighted by atomic mass is 10.2. The summed E-state index contributed by atoms with van der Waals surface area (Å²) in [5.41, 5.74) is -0.489. The summed E-state index contributed by atoms with van der Waals surface area (Å²) in [6.07, 6.45) is -3.92. The van der Waals surface area contributed by atoms with Gasteiger partial charge in [0.15, 0.2) is 0 Å². The second-order valence-electron chi connectivity index (χ2n) is 3.77. The summed E-state index contributed by atoms with van der Waals surface area (Å²) in [5.74, 6) is 0.497. The van der Waals surface area contributed by atoms with Crippen LogP contribution in [0.5, 0.6) is 0 Å². The molecule has 0 aliphatic rings. The zero-order chi connectivity index (χ0) is 14.2. The molecule has 3 nitrogen and oxygen atoms in total. The summed E-state index contributed by atoms with van der Waals surface area (Å²) in [4.78, 5) is 0. The van der Waals surface area contributed by atoms with Gasteiger partial charge in [0.05, 0.1) is 11.3 Å². The van der Waals surface area contributed by atoms with Gasteiger partial charge in [-0.05, 0) is 29.8 Å². The lowest BCUT2D eigenvalue weighted by Gasteiger charge is -2.12. The van der Waals surface area contributed by atoms with E-state index in [-0.39, 0.29) is 11.0 Å². The van der Waals surface area contributed by atoms with Gasteiger partial charge in [0.2, 0.25) is 5.28 Å². The summed E-state index contributed by atoms with van der Waals surface area (Å²) in [5, 5.41) is 7.51. The van der Waals surface area contributed by atoms with E-state index in [1.165, 1.54) is 10.6 Å². The summed E-state index contributed by atoms with van der Waals surface area (Å²) in [6.45, 7) is 1.82. The Morgan fingerprint density at radius 2 is 1.95 bits per heavy atom. The fourth-order valence-electron chi connectivity index (χ4n) is 1.65. The summed E-state index contributed by atoms with van der Waals surface area (Å²) in [6, 6.07) is 3.55. The van der Waals surface area contributed by atoms with Gasteiger partial charge in [-0.2, -0.15) is 13.2 Å². The van der Waals surface area contributed by atoms with Crippen LogP contribution in [0.3, 0.4) is 0 Å². The minimum atomic E-state index is -4.43. The van der Waals surface area contributed by atoms with Crippen LogP contribution in [0.15, 0.2) is 22.7 Å². The van der Waals surface area contributed by atoms with E-state index in [2.05, 4.69) is 26.1 Å². The minimum Gasteiger partial charge on any atom is -0.270 e. The van der Waals surface area contributed by atoms with Crippen molar-refractivity contribution in [1.29, 1.82) is 0 Å². The van der Waals surface area contributed by atoms with Gasteiger partial charge in [-0.15, -0.1) is 10.2 Å². The first kappa shape index (κ1) is 14.3. The van der Waals surface area contributed by atoms with Gasteiger partial charge in [-0.25, -0.2) is 0 Å². The molecular weight excluding hydrogens is 346 g/mol. The highest BCUT2D eigenvalue weighted by atomic mass is 79.9. The Morgan fingerprint density at radius 3 is 2.53 bits per heavy atom. The van der Waals surface area contributed by atoms with Gasteiger partial charge < -0.3 is 0 Å². The van der Waals surface area contributed by atoms with E-state index in [4.69, 9.17) is 11.6 Å². The third kappa shape index (κ3) is 2.92. The Labute approximate surface area is 120 Å². The first-order chi connectivity index (χ1) is 8.82. The molecule has 0 aliphatic carbocycles. The zero-order valence-electron chi connectivity index (χ0n) is 9.67. The highest BCUT2D eigenvalue weighted by Gasteiger charge is 2.31. The molecule has 2 aromatic rings. The van der Waals surface area contributed by atoms with Crippen molar-refractivity contribution in [2.45, 2.75) is 19.5 Å². The summed E-state index contributed by atoms with van der Waals surface area (Å²) >= 11 is 8.93. The predicted molar refractivity (Wildman–Crippen MR) is 68.4 cm³/mol. The van der Waals surface area contributed by atoms with Crippen molar-refractivity contribution in [2.24, 2.45) is 0 Å². The average Bonchev–Trinajstić information content (AvgIpc) is 2.68. The van der Waals surface area contributed by atoms with Crippen molar-refractivity contribution in [3.05, 3.63) is 39.3 Å². The normalized spacial score (nSPS) is 11.9.